The molecule has 0 atom stereocenters. The molecule has 51 heavy (non-hydrogen) atoms. The van der Waals surface area contributed by atoms with Gasteiger partial charge in [-0.3, -0.25) is 4.98 Å². The quantitative estimate of drug-likeness (QED) is 0.185. The molecule has 0 spiro atoms. The lowest BCUT2D eigenvalue weighted by atomic mass is 9.96. The van der Waals surface area contributed by atoms with Crippen LogP contribution in [0.4, 0.5) is 0 Å². The number of thiophene rings is 1. The Kier molecular flexibility index (Phi) is 7.03. The average Bonchev–Trinajstić information content (AvgIpc) is 3.61. The Labute approximate surface area is 299 Å². The van der Waals surface area contributed by atoms with Gasteiger partial charge in [0.05, 0.1) is 38.7 Å². The second kappa shape index (κ2) is 12.2. The van der Waals surface area contributed by atoms with Gasteiger partial charge in [0.25, 0.3) is 0 Å². The number of nitrogens with one attached hydrogen (secondary N) is 1. The van der Waals surface area contributed by atoms with Crippen LogP contribution in [-0.4, -0.2) is 21.5 Å². The Balaban J connectivity index is 1.03. The van der Waals surface area contributed by atoms with Crippen LogP contribution in [0.15, 0.2) is 164 Å². The topological polar surface area (TPSA) is 50.7 Å². The first-order chi connectivity index (χ1) is 25.3. The Bertz CT molecular complexity index is 2830. The molecule has 10 rings (SSSR count). The standard InChI is InChI=1S/C46H30N4S/c1-2-10-35-32(9-1)23-24-39-43(35)44-36-11-3-4-14-42(36)51-46(44)45(50-39)33-21-19-30(20-22-33)29-15-17-31(18-16-29)34-27-40(37-12-5-7-25-47-37)49-41(28-34)38-13-6-8-26-48-38/h1-25,27-28,48H,26H2. The molecule has 1 N–H and O–H groups in total. The van der Waals surface area contributed by atoms with Crippen LogP contribution in [0.25, 0.3) is 92.4 Å². The molecule has 1 aliphatic heterocycles. The summed E-state index contributed by atoms with van der Waals surface area (Å²) < 4.78 is 2.51. The van der Waals surface area contributed by atoms with Gasteiger partial charge < -0.3 is 5.32 Å². The highest BCUT2D eigenvalue weighted by Gasteiger charge is 2.18. The van der Waals surface area contributed by atoms with Gasteiger partial charge in [-0.1, -0.05) is 115 Å². The lowest BCUT2D eigenvalue weighted by Crippen LogP contribution is -2.15. The number of nitrogens with zero attached hydrogens (tertiary/aromatic N) is 3. The van der Waals surface area contributed by atoms with Crippen molar-refractivity contribution < 1.29 is 0 Å². The zero-order valence-corrected chi connectivity index (χ0v) is 28.4. The molecule has 0 amide bonds. The number of dihydropyridines is 1. The van der Waals surface area contributed by atoms with Crippen molar-refractivity contribution in [1.82, 2.24) is 20.3 Å². The summed E-state index contributed by atoms with van der Waals surface area (Å²) >= 11 is 1.83. The van der Waals surface area contributed by atoms with Crippen LogP contribution in [0, 0.1) is 0 Å². The third kappa shape index (κ3) is 5.18. The molecule has 0 saturated carbocycles. The van der Waals surface area contributed by atoms with E-state index in [-0.39, 0.29) is 0 Å². The first-order valence-corrected chi connectivity index (χ1v) is 18.0. The molecular formula is C46H30N4S. The number of hydrogen-bond acceptors (Lipinski definition) is 5. The lowest BCUT2D eigenvalue weighted by Gasteiger charge is -2.15. The molecule has 0 radical (unpaired) electrons. The molecule has 0 saturated heterocycles. The summed E-state index contributed by atoms with van der Waals surface area (Å²) in [5.74, 6) is 0. The van der Waals surface area contributed by atoms with Gasteiger partial charge in [-0.15, -0.1) is 11.3 Å². The smallest absolute Gasteiger partial charge is 0.0900 e. The molecule has 4 aromatic heterocycles. The van der Waals surface area contributed by atoms with Crippen LogP contribution < -0.4 is 5.32 Å². The molecule has 0 bridgehead atoms. The van der Waals surface area contributed by atoms with Crippen molar-refractivity contribution in [2.24, 2.45) is 0 Å². The van der Waals surface area contributed by atoms with E-state index in [1.807, 2.05) is 35.7 Å². The molecule has 9 aromatic rings. The van der Waals surface area contributed by atoms with Gasteiger partial charge in [-0.2, -0.15) is 0 Å². The number of allylic oxidation sites excluding steroid dienone is 2. The van der Waals surface area contributed by atoms with E-state index in [9.17, 15) is 0 Å². The SMILES string of the molecule is C1=CCNC(c2cc(-c3ccc(-c4ccc(-c5nc6ccc7ccccc7c6c6c5sc5ccccc56)cc4)cc3)cc(-c3ccccn3)n2)=C1. The Morgan fingerprint density at radius 2 is 1.25 bits per heavy atom. The number of rotatable bonds is 5. The van der Waals surface area contributed by atoms with E-state index in [4.69, 9.17) is 9.97 Å². The molecular weight excluding hydrogens is 641 g/mol. The van der Waals surface area contributed by atoms with E-state index >= 15 is 0 Å². The maximum absolute atomic E-state index is 5.33. The molecule has 4 nitrogen and oxygen atoms in total. The van der Waals surface area contributed by atoms with Crippen LogP contribution in [-0.2, 0) is 0 Å². The maximum atomic E-state index is 5.33. The summed E-state index contributed by atoms with van der Waals surface area (Å²) in [5.41, 5.74) is 11.3. The highest BCUT2D eigenvalue weighted by molar-refractivity contribution is 7.26. The summed E-state index contributed by atoms with van der Waals surface area (Å²) in [4.78, 5) is 14.9. The van der Waals surface area contributed by atoms with Crippen molar-refractivity contribution in [3.05, 3.63) is 170 Å². The minimum Gasteiger partial charge on any atom is -0.380 e. The van der Waals surface area contributed by atoms with Gasteiger partial charge in [0.1, 0.15) is 0 Å². The van der Waals surface area contributed by atoms with Gasteiger partial charge in [0, 0.05) is 39.2 Å². The fraction of sp³-hybridized carbons (Fsp3) is 0.0217. The molecule has 0 aliphatic carbocycles. The molecule has 5 heterocycles. The predicted octanol–water partition coefficient (Wildman–Crippen LogP) is 11.7. The fourth-order valence-electron chi connectivity index (χ4n) is 7.24. The van der Waals surface area contributed by atoms with Crippen molar-refractivity contribution in [1.29, 1.82) is 0 Å². The van der Waals surface area contributed by atoms with E-state index in [2.05, 4.69) is 150 Å². The van der Waals surface area contributed by atoms with Crippen molar-refractivity contribution >= 4 is 58.9 Å². The zero-order valence-electron chi connectivity index (χ0n) is 27.5. The molecule has 240 valence electrons. The highest BCUT2D eigenvalue weighted by Crippen LogP contribution is 2.44. The van der Waals surface area contributed by atoms with Crippen LogP contribution in [0.3, 0.4) is 0 Å². The summed E-state index contributed by atoms with van der Waals surface area (Å²) in [7, 11) is 0. The number of aromatic nitrogens is 3. The average molecular weight is 671 g/mol. The molecule has 0 unspecified atom stereocenters. The second-order valence-electron chi connectivity index (χ2n) is 12.8. The third-order valence-corrected chi connectivity index (χ3v) is 10.9. The summed E-state index contributed by atoms with van der Waals surface area (Å²) in [5, 5.41) is 9.76. The van der Waals surface area contributed by atoms with Crippen LogP contribution >= 0.6 is 11.3 Å². The van der Waals surface area contributed by atoms with Crippen LogP contribution in [0.1, 0.15) is 5.69 Å². The van der Waals surface area contributed by atoms with Crippen LogP contribution in [0.2, 0.25) is 0 Å². The van der Waals surface area contributed by atoms with E-state index in [1.54, 1.807) is 0 Å². The highest BCUT2D eigenvalue weighted by atomic mass is 32.1. The largest absolute Gasteiger partial charge is 0.380 e. The summed E-state index contributed by atoms with van der Waals surface area (Å²) in [6, 6.07) is 49.6. The van der Waals surface area contributed by atoms with Crippen molar-refractivity contribution in [3.63, 3.8) is 0 Å². The van der Waals surface area contributed by atoms with E-state index in [0.717, 1.165) is 68.4 Å². The normalized spacial score (nSPS) is 12.8. The van der Waals surface area contributed by atoms with E-state index < -0.39 is 0 Å². The minimum atomic E-state index is 0.785. The number of benzene rings is 5. The minimum absolute atomic E-state index is 0.785. The van der Waals surface area contributed by atoms with Gasteiger partial charge in [0.15, 0.2) is 0 Å². The number of pyridine rings is 3. The summed E-state index contributed by atoms with van der Waals surface area (Å²) in [6.07, 6.45) is 8.06. The van der Waals surface area contributed by atoms with Gasteiger partial charge in [0.2, 0.25) is 0 Å². The third-order valence-electron chi connectivity index (χ3n) is 9.75. The molecule has 5 heteroatoms. The van der Waals surface area contributed by atoms with Gasteiger partial charge in [-0.05, 0) is 75.5 Å². The fourth-order valence-corrected chi connectivity index (χ4v) is 8.46. The van der Waals surface area contributed by atoms with E-state index in [0.29, 0.717) is 0 Å². The van der Waals surface area contributed by atoms with E-state index in [1.165, 1.54) is 36.3 Å². The summed E-state index contributed by atoms with van der Waals surface area (Å²) in [6.45, 7) is 0.785. The molecule has 1 aliphatic rings. The maximum Gasteiger partial charge on any atom is 0.0900 e. The molecule has 0 fully saturated rings. The van der Waals surface area contributed by atoms with Crippen molar-refractivity contribution in [3.8, 4) is 44.9 Å². The van der Waals surface area contributed by atoms with Gasteiger partial charge >= 0.3 is 0 Å². The first kappa shape index (κ1) is 29.5. The second-order valence-corrected chi connectivity index (χ2v) is 13.9. The monoisotopic (exact) mass is 670 g/mol. The van der Waals surface area contributed by atoms with Crippen molar-refractivity contribution in [2.75, 3.05) is 6.54 Å². The zero-order chi connectivity index (χ0) is 33.7. The van der Waals surface area contributed by atoms with Crippen molar-refractivity contribution in [2.45, 2.75) is 0 Å². The Hall–Kier alpha value is -6.43. The number of hydrogen-bond donors (Lipinski definition) is 1. The van der Waals surface area contributed by atoms with Gasteiger partial charge in [-0.25, -0.2) is 9.97 Å². The Morgan fingerprint density at radius 3 is 2.02 bits per heavy atom. The first-order valence-electron chi connectivity index (χ1n) is 17.2. The Morgan fingerprint density at radius 1 is 0.549 bits per heavy atom. The molecule has 5 aromatic carbocycles. The van der Waals surface area contributed by atoms with Crippen LogP contribution in [0.5, 0.6) is 0 Å². The lowest BCUT2D eigenvalue weighted by molar-refractivity contribution is 0.981. The predicted molar refractivity (Wildman–Crippen MR) is 215 cm³/mol. The number of fused-ring (bicyclic) bond motifs is 7.